The predicted octanol–water partition coefficient (Wildman–Crippen LogP) is 3.89. The van der Waals surface area contributed by atoms with E-state index in [4.69, 9.17) is 0 Å². The van der Waals surface area contributed by atoms with E-state index in [0.29, 0.717) is 6.42 Å². The Balaban J connectivity index is 1.44. The van der Waals surface area contributed by atoms with Crippen molar-refractivity contribution in [1.82, 2.24) is 14.9 Å². The lowest BCUT2D eigenvalue weighted by Gasteiger charge is -2.45. The molecule has 0 bridgehead atoms. The van der Waals surface area contributed by atoms with Gasteiger partial charge in [0.15, 0.2) is 0 Å². The molecular weight excluding hydrogens is 412 g/mol. The number of amides is 2. The van der Waals surface area contributed by atoms with E-state index in [1.165, 1.54) is 5.01 Å². The van der Waals surface area contributed by atoms with Crippen molar-refractivity contribution < 1.29 is 9.59 Å². The molecule has 1 aromatic heterocycles. The van der Waals surface area contributed by atoms with E-state index in [0.717, 1.165) is 33.3 Å². The maximum atomic E-state index is 13.6. The number of piperazine rings is 1. The minimum Gasteiger partial charge on any atom is -0.356 e. The molecule has 1 saturated heterocycles. The van der Waals surface area contributed by atoms with E-state index in [1.54, 1.807) is 11.1 Å². The van der Waals surface area contributed by atoms with Gasteiger partial charge in [0.05, 0.1) is 12.3 Å². The van der Waals surface area contributed by atoms with Crippen LogP contribution in [0.1, 0.15) is 28.4 Å². The van der Waals surface area contributed by atoms with Gasteiger partial charge in [-0.1, -0.05) is 78.9 Å². The zero-order valence-electron chi connectivity index (χ0n) is 17.9. The number of rotatable bonds is 3. The van der Waals surface area contributed by atoms with Gasteiger partial charge >= 0.3 is 0 Å². The van der Waals surface area contributed by atoms with Crippen molar-refractivity contribution >= 4 is 28.9 Å². The van der Waals surface area contributed by atoms with Crippen molar-refractivity contribution in [3.05, 3.63) is 107 Å². The third-order valence-electron chi connectivity index (χ3n) is 6.51. The highest BCUT2D eigenvalue weighted by Gasteiger charge is 2.48. The van der Waals surface area contributed by atoms with Gasteiger partial charge in [-0.3, -0.25) is 9.59 Å². The van der Waals surface area contributed by atoms with Crippen LogP contribution in [0.2, 0.25) is 0 Å². The number of benzene rings is 3. The average Bonchev–Trinajstić information content (AvgIpc) is 3.23. The Bertz CT molecular complexity index is 1380. The van der Waals surface area contributed by atoms with Gasteiger partial charge in [0.25, 0.3) is 5.91 Å². The summed E-state index contributed by atoms with van der Waals surface area (Å²) in [4.78, 5) is 32.3. The first kappa shape index (κ1) is 19.5. The van der Waals surface area contributed by atoms with Crippen LogP contribution < -0.4 is 0 Å². The van der Waals surface area contributed by atoms with Crippen molar-refractivity contribution in [2.45, 2.75) is 18.5 Å². The van der Waals surface area contributed by atoms with Crippen molar-refractivity contribution in [1.29, 1.82) is 0 Å². The van der Waals surface area contributed by atoms with Crippen LogP contribution in [0.3, 0.4) is 0 Å². The second-order valence-corrected chi connectivity index (χ2v) is 8.45. The summed E-state index contributed by atoms with van der Waals surface area (Å²) >= 11 is 0. The molecule has 0 unspecified atom stereocenters. The van der Waals surface area contributed by atoms with Crippen LogP contribution in [0.15, 0.2) is 90.0 Å². The number of H-pyrrole nitrogens is 1. The molecule has 6 rings (SSSR count). The Kier molecular flexibility index (Phi) is 4.57. The molecule has 2 aliphatic heterocycles. The summed E-state index contributed by atoms with van der Waals surface area (Å²) in [6.45, 7) is -0.0719. The second-order valence-electron chi connectivity index (χ2n) is 8.45. The molecule has 2 atom stereocenters. The van der Waals surface area contributed by atoms with Gasteiger partial charge in [0, 0.05) is 23.0 Å². The topological polar surface area (TPSA) is 68.8 Å². The molecule has 0 radical (unpaired) electrons. The molecule has 3 heterocycles. The number of hydrogen-bond acceptors (Lipinski definition) is 3. The molecule has 6 nitrogen and oxygen atoms in total. The van der Waals surface area contributed by atoms with Gasteiger partial charge < -0.3 is 9.88 Å². The SMILES string of the molecule is O=C1[C@@H]2Cc3c([nH]c4ccccc34)[C@@H](c3ccccc3)N2C(=O)CN1/N=C\c1ccccc1. The Labute approximate surface area is 191 Å². The highest BCUT2D eigenvalue weighted by atomic mass is 16.2. The summed E-state index contributed by atoms with van der Waals surface area (Å²) < 4.78 is 0. The van der Waals surface area contributed by atoms with E-state index in [9.17, 15) is 9.59 Å². The molecule has 162 valence electrons. The summed E-state index contributed by atoms with van der Waals surface area (Å²) in [6, 6.07) is 26.7. The average molecular weight is 434 g/mol. The Morgan fingerprint density at radius 3 is 2.36 bits per heavy atom. The molecule has 6 heteroatoms. The molecule has 1 fully saturated rings. The van der Waals surface area contributed by atoms with Gasteiger partial charge in [-0.25, -0.2) is 5.01 Å². The normalized spacial score (nSPS) is 20.4. The lowest BCUT2D eigenvalue weighted by Crippen LogP contribution is -2.61. The van der Waals surface area contributed by atoms with E-state index in [1.807, 2.05) is 78.9 Å². The fourth-order valence-electron chi connectivity index (χ4n) is 5.00. The standard InChI is InChI=1S/C27H22N4O2/c32-24-17-30(28-16-18-9-3-1-4-10-18)27(33)23-15-21-20-13-7-8-14-22(20)29-25(21)26(31(23)24)19-11-5-2-6-12-19/h1-14,16,23,26,29H,15,17H2/b28-16-/t23-,26+/m0/s1. The molecule has 1 N–H and O–H groups in total. The van der Waals surface area contributed by atoms with Crippen LogP contribution in [0.5, 0.6) is 0 Å². The van der Waals surface area contributed by atoms with Crippen LogP contribution in [0.4, 0.5) is 0 Å². The zero-order valence-corrected chi connectivity index (χ0v) is 17.9. The zero-order chi connectivity index (χ0) is 22.4. The molecule has 0 saturated carbocycles. The third-order valence-corrected chi connectivity index (χ3v) is 6.51. The van der Waals surface area contributed by atoms with E-state index >= 15 is 0 Å². The molecule has 4 aromatic rings. The molecule has 2 amide bonds. The largest absolute Gasteiger partial charge is 0.356 e. The van der Waals surface area contributed by atoms with Crippen LogP contribution in [0, 0.1) is 0 Å². The molecule has 2 aliphatic rings. The van der Waals surface area contributed by atoms with E-state index < -0.39 is 6.04 Å². The Morgan fingerprint density at radius 1 is 0.879 bits per heavy atom. The van der Waals surface area contributed by atoms with Crippen LogP contribution >= 0.6 is 0 Å². The van der Waals surface area contributed by atoms with Crippen LogP contribution in [-0.4, -0.2) is 45.5 Å². The summed E-state index contributed by atoms with van der Waals surface area (Å²) in [5.74, 6) is -0.262. The fraction of sp³-hybridized carbons (Fsp3) is 0.148. The third kappa shape index (κ3) is 3.22. The number of fused-ring (bicyclic) bond motifs is 4. The number of para-hydroxylation sites is 1. The van der Waals surface area contributed by atoms with Gasteiger partial charge in [-0.15, -0.1) is 0 Å². The van der Waals surface area contributed by atoms with Crippen molar-refractivity contribution in [3.8, 4) is 0 Å². The van der Waals surface area contributed by atoms with Gasteiger partial charge in [-0.05, 0) is 22.8 Å². The lowest BCUT2D eigenvalue weighted by atomic mass is 9.86. The number of carbonyl (C=O) groups excluding carboxylic acids is 2. The molecule has 3 aromatic carbocycles. The number of nitrogens with one attached hydrogen (secondary N) is 1. The predicted molar refractivity (Wildman–Crippen MR) is 127 cm³/mol. The molecular formula is C27H22N4O2. The minimum atomic E-state index is -0.601. The number of aromatic amines is 1. The number of hydrazone groups is 1. The van der Waals surface area contributed by atoms with E-state index in [-0.39, 0.29) is 24.4 Å². The second kappa shape index (κ2) is 7.74. The van der Waals surface area contributed by atoms with Gasteiger partial charge in [-0.2, -0.15) is 5.10 Å². The van der Waals surface area contributed by atoms with Gasteiger partial charge in [0.1, 0.15) is 12.6 Å². The van der Waals surface area contributed by atoms with Gasteiger partial charge in [0.2, 0.25) is 5.91 Å². The summed E-state index contributed by atoms with van der Waals surface area (Å²) in [5.41, 5.74) is 4.96. The summed E-state index contributed by atoms with van der Waals surface area (Å²) in [7, 11) is 0. The van der Waals surface area contributed by atoms with Crippen molar-refractivity contribution in [2.24, 2.45) is 5.10 Å². The Morgan fingerprint density at radius 2 is 1.58 bits per heavy atom. The maximum Gasteiger partial charge on any atom is 0.266 e. The molecule has 33 heavy (non-hydrogen) atoms. The highest BCUT2D eigenvalue weighted by Crippen LogP contribution is 2.42. The first-order valence-electron chi connectivity index (χ1n) is 11.1. The Hall–Kier alpha value is -4.19. The first-order valence-corrected chi connectivity index (χ1v) is 11.1. The van der Waals surface area contributed by atoms with E-state index in [2.05, 4.69) is 16.2 Å². The highest BCUT2D eigenvalue weighted by molar-refractivity contribution is 5.98. The molecule has 0 spiro atoms. The number of hydrogen-bond donors (Lipinski definition) is 1. The quantitative estimate of drug-likeness (QED) is 0.497. The number of carbonyl (C=O) groups is 2. The van der Waals surface area contributed by atoms with Crippen LogP contribution in [-0.2, 0) is 16.0 Å². The summed E-state index contributed by atoms with van der Waals surface area (Å²) in [6.07, 6.45) is 2.10. The smallest absolute Gasteiger partial charge is 0.266 e. The van der Waals surface area contributed by atoms with Crippen LogP contribution in [0.25, 0.3) is 10.9 Å². The molecule has 0 aliphatic carbocycles. The number of aromatic nitrogens is 1. The van der Waals surface area contributed by atoms with Crippen molar-refractivity contribution in [3.63, 3.8) is 0 Å². The first-order chi connectivity index (χ1) is 16.2. The maximum absolute atomic E-state index is 13.6. The monoisotopic (exact) mass is 434 g/mol. The fourth-order valence-corrected chi connectivity index (χ4v) is 5.00. The number of nitrogens with zero attached hydrogens (tertiary/aromatic N) is 3. The van der Waals surface area contributed by atoms with Crippen molar-refractivity contribution in [2.75, 3.05) is 6.54 Å². The lowest BCUT2D eigenvalue weighted by molar-refractivity contribution is -0.158. The summed E-state index contributed by atoms with van der Waals surface area (Å²) in [5, 5.41) is 6.80. The minimum absolute atomic E-state index is 0.0719.